The number of aromatic amines is 1. The van der Waals surface area contributed by atoms with Gasteiger partial charge in [0.1, 0.15) is 0 Å². The van der Waals surface area contributed by atoms with Crippen LogP contribution in [0.1, 0.15) is 5.69 Å². The Labute approximate surface area is 120 Å². The molecule has 0 aromatic carbocycles. The zero-order valence-corrected chi connectivity index (χ0v) is 11.5. The summed E-state index contributed by atoms with van der Waals surface area (Å²) in [4.78, 5) is 14.6. The molecule has 2 aromatic rings. The van der Waals surface area contributed by atoms with Crippen molar-refractivity contribution in [1.82, 2.24) is 25.1 Å². The van der Waals surface area contributed by atoms with Crippen molar-refractivity contribution in [3.63, 3.8) is 0 Å². The molecule has 0 aliphatic carbocycles. The van der Waals surface area contributed by atoms with Crippen molar-refractivity contribution >= 4 is 11.9 Å². The van der Waals surface area contributed by atoms with E-state index in [9.17, 15) is 0 Å². The van der Waals surface area contributed by atoms with Crippen LogP contribution in [0.2, 0.25) is 0 Å². The second-order valence-electron chi connectivity index (χ2n) is 4.48. The lowest BCUT2D eigenvalue weighted by Gasteiger charge is -2.26. The number of nitrogens with one attached hydrogen (secondary N) is 2. The van der Waals surface area contributed by atoms with Crippen LogP contribution in [0.5, 0.6) is 11.9 Å². The second kappa shape index (κ2) is 5.89. The molecule has 2 aromatic heterocycles. The predicted molar refractivity (Wildman–Crippen MR) is 74.1 cm³/mol. The maximum Gasteiger partial charge on any atom is 0.330 e. The molecular weight excluding hydrogens is 276 g/mol. The molecule has 3 rings (SSSR count). The first-order valence-electron chi connectivity index (χ1n) is 6.50. The van der Waals surface area contributed by atoms with Gasteiger partial charge >= 0.3 is 6.01 Å². The van der Waals surface area contributed by atoms with Gasteiger partial charge in [-0.15, -0.1) is 5.10 Å². The first-order chi connectivity index (χ1) is 10.2. The molecule has 0 unspecified atom stereocenters. The molecule has 10 heteroatoms. The highest BCUT2D eigenvalue weighted by Gasteiger charge is 2.17. The van der Waals surface area contributed by atoms with Gasteiger partial charge in [-0.2, -0.15) is 15.0 Å². The molecule has 0 atom stereocenters. The van der Waals surface area contributed by atoms with Gasteiger partial charge in [-0.3, -0.25) is 10.5 Å². The Balaban J connectivity index is 1.85. The van der Waals surface area contributed by atoms with Gasteiger partial charge in [0.05, 0.1) is 13.2 Å². The number of H-pyrrole nitrogens is 1. The fraction of sp³-hybridized carbons (Fsp3) is 0.455. The molecule has 0 saturated carbocycles. The molecule has 0 spiro atoms. The van der Waals surface area contributed by atoms with Gasteiger partial charge in [-0.1, -0.05) is 0 Å². The lowest BCUT2D eigenvalue weighted by molar-refractivity contribution is 0.122. The Morgan fingerprint density at radius 1 is 1.33 bits per heavy atom. The van der Waals surface area contributed by atoms with Crippen LogP contribution in [0.15, 0.2) is 6.07 Å². The third-order valence-corrected chi connectivity index (χ3v) is 2.90. The van der Waals surface area contributed by atoms with E-state index in [1.165, 1.54) is 0 Å². The molecular formula is C11H16N8O2. The van der Waals surface area contributed by atoms with Gasteiger partial charge < -0.3 is 14.4 Å². The Bertz CT molecular complexity index is 610. The zero-order valence-electron chi connectivity index (χ0n) is 11.5. The normalized spacial score (nSPS) is 15.0. The highest BCUT2D eigenvalue weighted by Crippen LogP contribution is 2.20. The Morgan fingerprint density at radius 2 is 2.14 bits per heavy atom. The number of hydrazine groups is 1. The van der Waals surface area contributed by atoms with Crippen LogP contribution < -0.4 is 20.9 Å². The number of ether oxygens (including phenoxy) is 2. The molecule has 0 amide bonds. The highest BCUT2D eigenvalue weighted by atomic mass is 16.5. The standard InChI is InChI=1S/C11H16N8O2/c1-7-6-8(18-17-7)21-11-14-9(16-12)13-10(15-11)19-2-4-20-5-3-19/h6H,2-5,12H2,1H3,(H,17,18)(H,13,14,15,16). The lowest BCUT2D eigenvalue weighted by atomic mass is 10.4. The molecule has 4 N–H and O–H groups in total. The van der Waals surface area contributed by atoms with Gasteiger partial charge in [-0.05, 0) is 6.92 Å². The van der Waals surface area contributed by atoms with E-state index in [1.807, 2.05) is 11.8 Å². The largest absolute Gasteiger partial charge is 0.403 e. The quantitative estimate of drug-likeness (QED) is 0.519. The van der Waals surface area contributed by atoms with Crippen LogP contribution in [-0.4, -0.2) is 51.5 Å². The van der Waals surface area contributed by atoms with Crippen molar-refractivity contribution in [3.05, 3.63) is 11.8 Å². The Hall–Kier alpha value is -2.46. The number of nitrogen functional groups attached to an aromatic ring is 1. The smallest absolute Gasteiger partial charge is 0.330 e. The number of aryl methyl sites for hydroxylation is 1. The minimum Gasteiger partial charge on any atom is -0.403 e. The molecule has 3 heterocycles. The number of hydrogen-bond donors (Lipinski definition) is 3. The average Bonchev–Trinajstić information content (AvgIpc) is 2.93. The minimum atomic E-state index is 0.131. The van der Waals surface area contributed by atoms with E-state index in [2.05, 4.69) is 30.6 Å². The fourth-order valence-electron chi connectivity index (χ4n) is 1.90. The van der Waals surface area contributed by atoms with E-state index >= 15 is 0 Å². The van der Waals surface area contributed by atoms with Crippen LogP contribution in [0, 0.1) is 6.92 Å². The molecule has 0 bridgehead atoms. The summed E-state index contributed by atoms with van der Waals surface area (Å²) in [5.74, 6) is 6.49. The third-order valence-electron chi connectivity index (χ3n) is 2.90. The molecule has 21 heavy (non-hydrogen) atoms. The number of anilines is 2. The summed E-state index contributed by atoms with van der Waals surface area (Å²) < 4.78 is 10.8. The lowest BCUT2D eigenvalue weighted by Crippen LogP contribution is -2.37. The van der Waals surface area contributed by atoms with E-state index < -0.39 is 0 Å². The SMILES string of the molecule is Cc1cc(Oc2nc(NN)nc(N3CCOCC3)n2)n[nH]1. The number of aromatic nitrogens is 5. The van der Waals surface area contributed by atoms with Gasteiger partial charge in [-0.25, -0.2) is 5.84 Å². The maximum absolute atomic E-state index is 5.52. The Morgan fingerprint density at radius 3 is 2.81 bits per heavy atom. The van der Waals surface area contributed by atoms with Crippen molar-refractivity contribution in [3.8, 4) is 11.9 Å². The summed E-state index contributed by atoms with van der Waals surface area (Å²) in [6, 6.07) is 1.87. The van der Waals surface area contributed by atoms with Crippen molar-refractivity contribution < 1.29 is 9.47 Å². The molecule has 112 valence electrons. The van der Waals surface area contributed by atoms with Crippen LogP contribution in [0.4, 0.5) is 11.9 Å². The van der Waals surface area contributed by atoms with E-state index in [4.69, 9.17) is 15.3 Å². The van der Waals surface area contributed by atoms with E-state index in [1.54, 1.807) is 6.07 Å². The first-order valence-corrected chi connectivity index (χ1v) is 6.50. The average molecular weight is 292 g/mol. The summed E-state index contributed by atoms with van der Waals surface area (Å²) in [7, 11) is 0. The molecule has 10 nitrogen and oxygen atoms in total. The molecule has 1 aliphatic rings. The maximum atomic E-state index is 5.52. The molecule has 1 saturated heterocycles. The molecule has 0 radical (unpaired) electrons. The Kier molecular flexibility index (Phi) is 3.79. The molecule has 1 aliphatic heterocycles. The van der Waals surface area contributed by atoms with Crippen LogP contribution in [0.3, 0.4) is 0 Å². The molecule has 1 fully saturated rings. The van der Waals surface area contributed by atoms with Gasteiger partial charge in [0, 0.05) is 24.8 Å². The topological polar surface area (TPSA) is 127 Å². The number of morpholine rings is 1. The first kappa shape index (κ1) is 13.5. The monoisotopic (exact) mass is 292 g/mol. The number of nitrogens with zero attached hydrogens (tertiary/aromatic N) is 5. The van der Waals surface area contributed by atoms with Crippen LogP contribution in [-0.2, 0) is 4.74 Å². The van der Waals surface area contributed by atoms with Crippen molar-refractivity contribution in [2.24, 2.45) is 5.84 Å². The van der Waals surface area contributed by atoms with E-state index in [0.717, 1.165) is 5.69 Å². The van der Waals surface area contributed by atoms with Crippen molar-refractivity contribution in [2.45, 2.75) is 6.92 Å². The summed E-state index contributed by atoms with van der Waals surface area (Å²) in [6.45, 7) is 4.54. The van der Waals surface area contributed by atoms with Crippen LogP contribution >= 0.6 is 0 Å². The predicted octanol–water partition coefficient (Wildman–Crippen LogP) is -0.182. The van der Waals surface area contributed by atoms with E-state index in [0.29, 0.717) is 38.1 Å². The highest BCUT2D eigenvalue weighted by molar-refractivity contribution is 5.38. The fourth-order valence-corrected chi connectivity index (χ4v) is 1.90. The number of rotatable bonds is 4. The van der Waals surface area contributed by atoms with Crippen molar-refractivity contribution in [1.29, 1.82) is 0 Å². The van der Waals surface area contributed by atoms with Gasteiger partial charge in [0.2, 0.25) is 17.8 Å². The summed E-state index contributed by atoms with van der Waals surface area (Å²) in [5.41, 5.74) is 3.29. The van der Waals surface area contributed by atoms with Gasteiger partial charge in [0.25, 0.3) is 0 Å². The second-order valence-corrected chi connectivity index (χ2v) is 4.48. The summed E-state index contributed by atoms with van der Waals surface area (Å²) in [5, 5.41) is 6.76. The number of hydrogen-bond acceptors (Lipinski definition) is 9. The number of nitrogens with two attached hydrogens (primary N) is 1. The zero-order chi connectivity index (χ0) is 14.7. The van der Waals surface area contributed by atoms with Crippen molar-refractivity contribution in [2.75, 3.05) is 36.6 Å². The van der Waals surface area contributed by atoms with Gasteiger partial charge in [0.15, 0.2) is 0 Å². The summed E-state index contributed by atoms with van der Waals surface area (Å²) >= 11 is 0. The van der Waals surface area contributed by atoms with E-state index in [-0.39, 0.29) is 12.0 Å². The van der Waals surface area contributed by atoms with Crippen LogP contribution in [0.25, 0.3) is 0 Å². The minimum absolute atomic E-state index is 0.131. The third kappa shape index (κ3) is 3.17. The summed E-state index contributed by atoms with van der Waals surface area (Å²) in [6.07, 6.45) is 0.